The van der Waals surface area contributed by atoms with Gasteiger partial charge in [-0.05, 0) is 70.8 Å². The van der Waals surface area contributed by atoms with Gasteiger partial charge in [0.25, 0.3) is 5.91 Å². The Kier molecular flexibility index (Phi) is 11.9. The maximum Gasteiger partial charge on any atom is 0.407 e. The van der Waals surface area contributed by atoms with E-state index in [9.17, 15) is 19.2 Å². The molecular formula is C47H49N9O6. The second-order valence-corrected chi connectivity index (χ2v) is 16.1. The van der Waals surface area contributed by atoms with E-state index in [1.807, 2.05) is 37.1 Å². The van der Waals surface area contributed by atoms with Crippen LogP contribution in [0.4, 0.5) is 9.59 Å². The molecule has 0 saturated carbocycles. The Hall–Kier alpha value is -7.29. The number of hydrogen-bond donors (Lipinski definition) is 4. The number of pyridine rings is 1. The molecule has 2 aliphatic heterocycles. The Balaban J connectivity index is 0.952. The summed E-state index contributed by atoms with van der Waals surface area (Å²) in [7, 11) is 2.54. The molecule has 62 heavy (non-hydrogen) atoms. The second kappa shape index (κ2) is 17.7. The van der Waals surface area contributed by atoms with Gasteiger partial charge in [0, 0.05) is 36.6 Å². The number of likely N-dealkylation sites (tertiary alicyclic amines) is 2. The first-order chi connectivity index (χ1) is 30.0. The molecular weight excluding hydrogens is 787 g/mol. The van der Waals surface area contributed by atoms with Crippen molar-refractivity contribution in [2.75, 3.05) is 27.3 Å². The summed E-state index contributed by atoms with van der Waals surface area (Å²) in [6.07, 6.45) is 7.53. The monoisotopic (exact) mass is 835 g/mol. The Labute approximate surface area is 359 Å². The molecule has 15 heteroatoms. The average molecular weight is 836 g/mol. The van der Waals surface area contributed by atoms with Crippen LogP contribution in [0.3, 0.4) is 0 Å². The smallest absolute Gasteiger partial charge is 0.407 e. The zero-order valence-electron chi connectivity index (χ0n) is 35.1. The van der Waals surface area contributed by atoms with Crippen LogP contribution in [-0.2, 0) is 19.1 Å². The number of amides is 4. The van der Waals surface area contributed by atoms with Crippen LogP contribution >= 0.6 is 0 Å². The molecule has 0 spiro atoms. The van der Waals surface area contributed by atoms with Crippen LogP contribution in [0.2, 0.25) is 0 Å². The van der Waals surface area contributed by atoms with Crippen molar-refractivity contribution in [1.82, 2.24) is 45.4 Å². The van der Waals surface area contributed by atoms with E-state index >= 15 is 0 Å². The van der Waals surface area contributed by atoms with Gasteiger partial charge in [0.05, 0.1) is 50.1 Å². The highest BCUT2D eigenvalue weighted by molar-refractivity contribution is 5.91. The highest BCUT2D eigenvalue weighted by Gasteiger charge is 2.39. The number of hydrogen-bond acceptors (Lipinski definition) is 9. The van der Waals surface area contributed by atoms with Crippen LogP contribution in [0, 0.1) is 5.92 Å². The molecule has 2 saturated heterocycles. The number of benzene rings is 3. The number of carbonyl (C=O) groups excluding carboxylic acids is 4. The van der Waals surface area contributed by atoms with Crippen LogP contribution < -0.4 is 10.6 Å². The number of methoxy groups -OCH3 is 2. The summed E-state index contributed by atoms with van der Waals surface area (Å²) in [6, 6.07) is 22.1. The first-order valence-corrected chi connectivity index (χ1v) is 20.6. The Bertz CT molecular complexity index is 2620. The first kappa shape index (κ1) is 41.4. The molecule has 4 amide bonds. The number of H-pyrrole nitrogens is 2. The van der Waals surface area contributed by atoms with Gasteiger partial charge < -0.3 is 39.9 Å². The summed E-state index contributed by atoms with van der Waals surface area (Å²) in [5, 5.41) is 7.52. The minimum absolute atomic E-state index is 0.112. The lowest BCUT2D eigenvalue weighted by Crippen LogP contribution is -2.51. The lowest BCUT2D eigenvalue weighted by atomic mass is 9.98. The third kappa shape index (κ3) is 8.51. The zero-order valence-corrected chi connectivity index (χ0v) is 35.1. The van der Waals surface area contributed by atoms with Gasteiger partial charge in [0.1, 0.15) is 23.7 Å². The van der Waals surface area contributed by atoms with E-state index < -0.39 is 30.3 Å². The maximum atomic E-state index is 14.0. The number of fused-ring (bicyclic) bond motifs is 1. The van der Waals surface area contributed by atoms with E-state index in [4.69, 9.17) is 19.4 Å². The molecule has 1 unspecified atom stereocenters. The average Bonchev–Trinajstić information content (AvgIpc) is 4.14. The molecule has 8 rings (SSSR count). The molecule has 0 aliphatic carbocycles. The molecule has 0 bridgehead atoms. The van der Waals surface area contributed by atoms with Crippen molar-refractivity contribution in [3.63, 3.8) is 0 Å². The quantitative estimate of drug-likeness (QED) is 0.0951. The normalized spacial score (nSPS) is 17.3. The van der Waals surface area contributed by atoms with Crippen LogP contribution in [0.5, 0.6) is 0 Å². The van der Waals surface area contributed by atoms with E-state index in [-0.39, 0.29) is 23.8 Å². The summed E-state index contributed by atoms with van der Waals surface area (Å²) in [5.41, 5.74) is 7.13. The SMILES string of the molecule is C=C1C[C@@H](c2ncc(-c3ccc(-c4ccc5cc(-c6cnc([C@@H]7CCCN7C(=O)[C@@H](NC(=O)OC)C(C)C)[nH]6)ccc5c4)cc3)[nH]2)N(C(=O)C(NC(=O)OC)c2cccnc2)C1. The van der Waals surface area contributed by atoms with Crippen LogP contribution in [0.1, 0.15) is 68.4 Å². The van der Waals surface area contributed by atoms with Gasteiger partial charge in [-0.2, -0.15) is 0 Å². The molecule has 4 atom stereocenters. The minimum Gasteiger partial charge on any atom is -0.453 e. The fourth-order valence-electron chi connectivity index (χ4n) is 8.39. The fourth-order valence-corrected chi connectivity index (χ4v) is 8.39. The van der Waals surface area contributed by atoms with E-state index in [0.717, 1.165) is 68.7 Å². The van der Waals surface area contributed by atoms with Crippen molar-refractivity contribution in [2.45, 2.75) is 57.3 Å². The van der Waals surface area contributed by atoms with Gasteiger partial charge in [-0.25, -0.2) is 19.6 Å². The van der Waals surface area contributed by atoms with Crippen LogP contribution in [-0.4, -0.2) is 92.1 Å². The largest absolute Gasteiger partial charge is 0.453 e. The summed E-state index contributed by atoms with van der Waals surface area (Å²) in [6.45, 7) is 8.88. The molecule has 15 nitrogen and oxygen atoms in total. The van der Waals surface area contributed by atoms with Crippen molar-refractivity contribution >= 4 is 34.8 Å². The van der Waals surface area contributed by atoms with E-state index in [1.54, 1.807) is 35.6 Å². The summed E-state index contributed by atoms with van der Waals surface area (Å²) < 4.78 is 9.59. The number of imidazole rings is 2. The number of aromatic nitrogens is 5. The van der Waals surface area contributed by atoms with Crippen LogP contribution in [0.25, 0.3) is 44.4 Å². The molecule has 4 N–H and O–H groups in total. The lowest BCUT2D eigenvalue weighted by Gasteiger charge is -2.30. The molecule has 3 aromatic heterocycles. The number of nitrogens with zero attached hydrogens (tertiary/aromatic N) is 5. The summed E-state index contributed by atoms with van der Waals surface area (Å²) >= 11 is 0. The fraction of sp³-hybridized carbons (Fsp3) is 0.298. The standard InChI is InChI=1S/C47H49N9O6/c1-27(2)40(53-46(59)61-4)44(57)55-19-7-9-38(55)42-49-25-37(52-42)34-17-16-32-21-31(14-15-33(32)22-34)29-10-12-30(13-11-29)36-24-50-43(51-36)39-20-28(3)26-56(39)45(58)41(54-47(60)62-5)35-8-6-18-48-23-35/h6,8,10-18,21-25,27,38-41H,3,7,9,19-20,26H2,1-2,4-5H3,(H,49,52)(H,50,51)(H,53,59)(H,54,60)/t38-,39-,40-,41?/m0/s1. The number of alkyl carbamates (subject to hydrolysis) is 2. The van der Waals surface area contributed by atoms with Crippen molar-refractivity contribution < 1.29 is 28.7 Å². The molecule has 0 radical (unpaired) electrons. The molecule has 6 aromatic rings. The van der Waals surface area contributed by atoms with Gasteiger partial charge in [-0.15, -0.1) is 0 Å². The van der Waals surface area contributed by atoms with Gasteiger partial charge >= 0.3 is 12.2 Å². The zero-order chi connectivity index (χ0) is 43.5. The highest BCUT2D eigenvalue weighted by Crippen LogP contribution is 2.37. The number of carbonyl (C=O) groups is 4. The van der Waals surface area contributed by atoms with Gasteiger partial charge in [-0.1, -0.05) is 80.6 Å². The lowest BCUT2D eigenvalue weighted by molar-refractivity contribution is -0.135. The predicted molar refractivity (Wildman–Crippen MR) is 233 cm³/mol. The third-order valence-corrected chi connectivity index (χ3v) is 11.7. The predicted octanol–water partition coefficient (Wildman–Crippen LogP) is 7.65. The summed E-state index contributed by atoms with van der Waals surface area (Å²) in [5.74, 6) is 0.774. The highest BCUT2D eigenvalue weighted by atomic mass is 16.5. The molecule has 2 aliphatic rings. The first-order valence-electron chi connectivity index (χ1n) is 20.6. The molecule has 3 aromatic carbocycles. The number of ether oxygens (including phenoxy) is 2. The molecule has 318 valence electrons. The Morgan fingerprint density at radius 2 is 1.35 bits per heavy atom. The van der Waals surface area contributed by atoms with Crippen LogP contribution in [0.15, 0.2) is 110 Å². The van der Waals surface area contributed by atoms with E-state index in [0.29, 0.717) is 30.9 Å². The van der Waals surface area contributed by atoms with E-state index in [2.05, 4.69) is 80.7 Å². The topological polar surface area (TPSA) is 188 Å². The van der Waals surface area contributed by atoms with Crippen molar-refractivity contribution in [3.05, 3.63) is 127 Å². The van der Waals surface area contributed by atoms with Gasteiger partial charge in [0.2, 0.25) is 5.91 Å². The molecule has 5 heterocycles. The number of nitrogens with one attached hydrogen (secondary N) is 4. The van der Waals surface area contributed by atoms with Gasteiger partial charge in [-0.3, -0.25) is 14.6 Å². The Morgan fingerprint density at radius 3 is 2.02 bits per heavy atom. The minimum atomic E-state index is -0.996. The molecule has 2 fully saturated rings. The Morgan fingerprint density at radius 1 is 0.742 bits per heavy atom. The second-order valence-electron chi connectivity index (χ2n) is 16.1. The number of aromatic amines is 2. The number of rotatable bonds is 11. The van der Waals surface area contributed by atoms with Crippen molar-refractivity contribution in [1.29, 1.82) is 0 Å². The van der Waals surface area contributed by atoms with E-state index in [1.165, 1.54) is 14.2 Å². The third-order valence-electron chi connectivity index (χ3n) is 11.7. The van der Waals surface area contributed by atoms with Gasteiger partial charge in [0.15, 0.2) is 0 Å². The maximum absolute atomic E-state index is 14.0. The van der Waals surface area contributed by atoms with Crippen molar-refractivity contribution in [3.8, 4) is 33.6 Å². The van der Waals surface area contributed by atoms with Crippen molar-refractivity contribution in [2.24, 2.45) is 5.92 Å². The summed E-state index contributed by atoms with van der Waals surface area (Å²) in [4.78, 5) is 75.8.